The van der Waals surface area contributed by atoms with E-state index in [0.29, 0.717) is 6.42 Å². The van der Waals surface area contributed by atoms with E-state index in [4.69, 9.17) is 4.74 Å². The molecule has 3 heterocycles. The first-order chi connectivity index (χ1) is 12.4. The smallest absolute Gasteiger partial charge is 0.361 e. The molecule has 2 saturated heterocycles. The predicted octanol–water partition coefficient (Wildman–Crippen LogP) is -0.586. The summed E-state index contributed by atoms with van der Waals surface area (Å²) in [5, 5.41) is 7.10. The van der Waals surface area contributed by atoms with E-state index in [2.05, 4.69) is 19.8 Å². The van der Waals surface area contributed by atoms with Gasteiger partial charge in [0.15, 0.2) is 12.4 Å². The summed E-state index contributed by atoms with van der Waals surface area (Å²) in [6.07, 6.45) is 0.414. The maximum absolute atomic E-state index is 12.4. The fraction of sp³-hybridized carbons (Fsp3) is 0.571. The van der Waals surface area contributed by atoms with E-state index in [9.17, 15) is 19.2 Å². The molecule has 2 aliphatic heterocycles. The van der Waals surface area contributed by atoms with Crippen molar-refractivity contribution in [1.82, 2.24) is 19.9 Å². The third-order valence-electron chi connectivity index (χ3n) is 4.13. The van der Waals surface area contributed by atoms with Gasteiger partial charge in [-0.05, 0) is 0 Å². The molecule has 0 saturated carbocycles. The fourth-order valence-corrected chi connectivity index (χ4v) is 4.35. The number of carbonyl (C=O) groups is 4. The van der Waals surface area contributed by atoms with E-state index in [1.807, 2.05) is 6.92 Å². The number of nitrogens with zero attached hydrogens (tertiary/aromatic N) is 4. The summed E-state index contributed by atoms with van der Waals surface area (Å²) in [7, 11) is 2.25. The van der Waals surface area contributed by atoms with Crippen LogP contribution in [-0.2, 0) is 30.5 Å². The Bertz CT molecular complexity index is 779. The van der Waals surface area contributed by atoms with Gasteiger partial charge in [0.1, 0.15) is 6.04 Å². The summed E-state index contributed by atoms with van der Waals surface area (Å²) in [4.78, 5) is 49.2. The minimum Gasteiger partial charge on any atom is -0.464 e. The van der Waals surface area contributed by atoms with E-state index < -0.39 is 30.7 Å². The molecule has 2 fully saturated rings. The van der Waals surface area contributed by atoms with E-state index in [1.54, 1.807) is 0 Å². The lowest BCUT2D eigenvalue weighted by atomic mass is 10.1. The zero-order valence-electron chi connectivity index (χ0n) is 14.2. The van der Waals surface area contributed by atoms with Gasteiger partial charge in [0.2, 0.25) is 11.6 Å². The number of thioether (sulfide) groups is 1. The average molecular weight is 384 g/mol. The van der Waals surface area contributed by atoms with Crippen LogP contribution in [-0.4, -0.2) is 74.6 Å². The highest BCUT2D eigenvalue weighted by Crippen LogP contribution is 2.44. The lowest BCUT2D eigenvalue weighted by molar-refractivity contribution is -0.163. The van der Waals surface area contributed by atoms with Crippen molar-refractivity contribution < 1.29 is 33.4 Å². The third kappa shape index (κ3) is 2.89. The molecule has 3 atom stereocenters. The molecule has 26 heavy (non-hydrogen) atoms. The van der Waals surface area contributed by atoms with Gasteiger partial charge < -0.3 is 19.1 Å². The van der Waals surface area contributed by atoms with Crippen LogP contribution < -0.4 is 0 Å². The molecule has 1 aromatic heterocycles. The second-order valence-corrected chi connectivity index (χ2v) is 7.17. The van der Waals surface area contributed by atoms with E-state index in [-0.39, 0.29) is 27.9 Å². The van der Waals surface area contributed by atoms with Gasteiger partial charge in [0.25, 0.3) is 0 Å². The molecule has 3 rings (SSSR count). The molecule has 12 heteroatoms. The average Bonchev–Trinajstić information content (AvgIpc) is 3.16. The Morgan fingerprint density at radius 1 is 1.23 bits per heavy atom. The molecule has 1 aromatic rings. The number of ether oxygens (including phenoxy) is 3. The van der Waals surface area contributed by atoms with E-state index in [0.717, 1.165) is 18.9 Å². The van der Waals surface area contributed by atoms with Crippen molar-refractivity contribution >= 4 is 35.6 Å². The van der Waals surface area contributed by atoms with Crippen LogP contribution in [0.4, 0.5) is 0 Å². The Morgan fingerprint density at radius 2 is 1.92 bits per heavy atom. The van der Waals surface area contributed by atoms with Crippen molar-refractivity contribution in [3.05, 3.63) is 11.4 Å². The van der Waals surface area contributed by atoms with Crippen molar-refractivity contribution in [2.24, 2.45) is 0 Å². The normalized spacial score (nSPS) is 23.9. The summed E-state index contributed by atoms with van der Waals surface area (Å²) in [5.74, 6) is -2.48. The summed E-state index contributed by atoms with van der Waals surface area (Å²) >= 11 is 1.53. The first-order valence-electron chi connectivity index (χ1n) is 7.62. The lowest BCUT2D eigenvalue weighted by Gasteiger charge is -2.36. The van der Waals surface area contributed by atoms with Crippen LogP contribution in [0.15, 0.2) is 0 Å². The van der Waals surface area contributed by atoms with Crippen LogP contribution in [0.25, 0.3) is 0 Å². The molecule has 140 valence electrons. The number of amides is 1. The Morgan fingerprint density at radius 3 is 2.54 bits per heavy atom. The fourth-order valence-electron chi connectivity index (χ4n) is 2.85. The molecule has 0 bridgehead atoms. The highest BCUT2D eigenvalue weighted by atomic mass is 32.2. The number of hydrogen-bond acceptors (Lipinski definition) is 10. The number of rotatable bonds is 5. The number of fused-ring (bicyclic) bond motifs is 1. The number of methoxy groups -OCH3 is 2. The molecule has 1 amide bonds. The molecule has 0 aromatic carbocycles. The molecule has 0 spiro atoms. The molecule has 2 aliphatic rings. The largest absolute Gasteiger partial charge is 0.464 e. The number of aromatic nitrogens is 3. The van der Waals surface area contributed by atoms with E-state index in [1.165, 1.54) is 16.7 Å². The van der Waals surface area contributed by atoms with Crippen molar-refractivity contribution in [2.45, 2.75) is 36.7 Å². The standard InChI is InChI=1S/C14H16N4O7S/c1-6-10(18-7(19)4-8(18)26-6)14(22)25-5-17-11(13(21)24-3)9(15-16-17)12(20)23-2/h6,8,10H,4-5H2,1-3H3/t6-,8+,10-/m1/s1. The Labute approximate surface area is 151 Å². The third-order valence-corrected chi connectivity index (χ3v) is 5.52. The molecule has 0 aliphatic carbocycles. The molecule has 0 N–H and O–H groups in total. The van der Waals surface area contributed by atoms with Crippen molar-refractivity contribution in [1.29, 1.82) is 0 Å². The quantitative estimate of drug-likeness (QED) is 0.369. The number of esters is 3. The van der Waals surface area contributed by atoms with Crippen LogP contribution in [0.2, 0.25) is 0 Å². The SMILES string of the molecule is COC(=O)c1nnn(COC(=O)[C@H]2[C@@H](C)S[C@H]3CC(=O)N32)c1C(=O)OC. The van der Waals surface area contributed by atoms with Crippen LogP contribution in [0.1, 0.15) is 34.3 Å². The van der Waals surface area contributed by atoms with Crippen LogP contribution in [0, 0.1) is 0 Å². The van der Waals surface area contributed by atoms with Crippen molar-refractivity contribution in [3.8, 4) is 0 Å². The predicted molar refractivity (Wildman–Crippen MR) is 84.9 cm³/mol. The Hall–Kier alpha value is -2.63. The molecule has 11 nitrogen and oxygen atoms in total. The zero-order valence-corrected chi connectivity index (χ0v) is 15.0. The molecule has 0 unspecified atom stereocenters. The molecular formula is C14H16N4O7S. The van der Waals surface area contributed by atoms with Crippen molar-refractivity contribution in [3.63, 3.8) is 0 Å². The van der Waals surface area contributed by atoms with Crippen LogP contribution in [0.3, 0.4) is 0 Å². The maximum Gasteiger partial charge on any atom is 0.361 e. The van der Waals surface area contributed by atoms with Gasteiger partial charge in [-0.2, -0.15) is 0 Å². The number of carbonyl (C=O) groups excluding carboxylic acids is 4. The van der Waals surface area contributed by atoms with E-state index >= 15 is 0 Å². The number of hydrogen-bond donors (Lipinski definition) is 0. The first kappa shape index (κ1) is 18.2. The first-order valence-corrected chi connectivity index (χ1v) is 8.56. The summed E-state index contributed by atoms with van der Waals surface area (Å²) in [6, 6.07) is -0.698. The highest BCUT2D eigenvalue weighted by molar-refractivity contribution is 8.00. The van der Waals surface area contributed by atoms with Gasteiger partial charge in [0.05, 0.1) is 26.0 Å². The zero-order chi connectivity index (χ0) is 19.0. The minimum atomic E-state index is -0.880. The van der Waals surface area contributed by atoms with Gasteiger partial charge >= 0.3 is 17.9 Å². The van der Waals surface area contributed by atoms with Crippen LogP contribution >= 0.6 is 11.8 Å². The van der Waals surface area contributed by atoms with Gasteiger partial charge in [-0.3, -0.25) is 4.79 Å². The second kappa shape index (κ2) is 6.94. The molecule has 0 radical (unpaired) electrons. The summed E-state index contributed by atoms with van der Waals surface area (Å²) < 4.78 is 15.3. The topological polar surface area (TPSA) is 130 Å². The monoisotopic (exact) mass is 384 g/mol. The van der Waals surface area contributed by atoms with Crippen LogP contribution in [0.5, 0.6) is 0 Å². The van der Waals surface area contributed by atoms with Gasteiger partial charge in [-0.15, -0.1) is 16.9 Å². The highest BCUT2D eigenvalue weighted by Gasteiger charge is 2.53. The second-order valence-electron chi connectivity index (χ2n) is 5.61. The Balaban J connectivity index is 1.74. The minimum absolute atomic E-state index is 0.00187. The van der Waals surface area contributed by atoms with Gasteiger partial charge in [0, 0.05) is 5.25 Å². The van der Waals surface area contributed by atoms with Gasteiger partial charge in [-0.1, -0.05) is 12.1 Å². The summed E-state index contributed by atoms with van der Waals surface area (Å²) in [6.45, 7) is 1.38. The Kier molecular flexibility index (Phi) is 4.85. The lowest BCUT2D eigenvalue weighted by Crippen LogP contribution is -2.55. The molecular weight excluding hydrogens is 368 g/mol. The number of β-lactam (4-membered cyclic amide) rings is 1. The van der Waals surface area contributed by atoms with Crippen molar-refractivity contribution in [2.75, 3.05) is 14.2 Å². The maximum atomic E-state index is 12.4. The summed E-state index contributed by atoms with van der Waals surface area (Å²) in [5.41, 5.74) is -0.642. The van der Waals surface area contributed by atoms with Gasteiger partial charge in [-0.25, -0.2) is 19.1 Å².